The Kier molecular flexibility index (Phi) is 7.60. The van der Waals surface area contributed by atoms with E-state index in [1.54, 1.807) is 35.7 Å². The van der Waals surface area contributed by atoms with Gasteiger partial charge in [-0.3, -0.25) is 9.59 Å². The fourth-order valence-electron chi connectivity index (χ4n) is 3.13. The lowest BCUT2D eigenvalue weighted by atomic mass is 10.2. The molecule has 3 aromatic heterocycles. The van der Waals surface area contributed by atoms with Crippen molar-refractivity contribution in [1.29, 1.82) is 0 Å². The number of fused-ring (bicyclic) bond motifs is 1. The molecule has 5 aromatic rings. The molecule has 2 aromatic carbocycles. The first kappa shape index (κ1) is 23.8. The molecule has 176 valence electrons. The van der Waals surface area contributed by atoms with E-state index in [-0.39, 0.29) is 12.4 Å². The molecular formula is C24H18N4O5S2. The van der Waals surface area contributed by atoms with Crippen LogP contribution in [-0.2, 0) is 9.59 Å². The molecule has 3 heterocycles. The van der Waals surface area contributed by atoms with Crippen LogP contribution in [0.3, 0.4) is 0 Å². The molecule has 5 rings (SSSR count). The molecule has 0 aliphatic rings. The number of rotatable bonds is 6. The van der Waals surface area contributed by atoms with Gasteiger partial charge in [0.15, 0.2) is 0 Å². The number of benzene rings is 2. The third kappa shape index (κ3) is 5.96. The number of hydrogen-bond donors (Lipinski definition) is 2. The maximum Gasteiger partial charge on any atom is 0.290 e. The highest BCUT2D eigenvalue weighted by molar-refractivity contribution is 7.18. The molecule has 35 heavy (non-hydrogen) atoms. The van der Waals surface area contributed by atoms with E-state index in [4.69, 9.17) is 19.4 Å². The SMILES string of the molecule is CC(=O)Nc1cccc(Oc2cccc(Oc3ncnc4scc(-c5nccs5)c34)c2)c1.O=CO. The molecule has 0 aliphatic carbocycles. The minimum Gasteiger partial charge on any atom is -0.483 e. The molecule has 0 radical (unpaired) electrons. The number of carbonyl (C=O) groups is 2. The number of carbonyl (C=O) groups excluding carboxylic acids is 1. The third-order valence-corrected chi connectivity index (χ3v) is 6.10. The number of nitrogens with zero attached hydrogens (tertiary/aromatic N) is 3. The second kappa shape index (κ2) is 11.2. The molecule has 0 spiro atoms. The smallest absolute Gasteiger partial charge is 0.290 e. The van der Waals surface area contributed by atoms with E-state index >= 15 is 0 Å². The van der Waals surface area contributed by atoms with Crippen LogP contribution >= 0.6 is 22.7 Å². The van der Waals surface area contributed by atoms with Crippen molar-refractivity contribution >= 4 is 51.0 Å². The lowest BCUT2D eigenvalue weighted by Crippen LogP contribution is -2.05. The van der Waals surface area contributed by atoms with Crippen LogP contribution in [0.25, 0.3) is 20.8 Å². The third-order valence-electron chi connectivity index (χ3n) is 4.41. The first-order valence-corrected chi connectivity index (χ1v) is 11.9. The van der Waals surface area contributed by atoms with E-state index in [1.165, 1.54) is 24.6 Å². The van der Waals surface area contributed by atoms with Gasteiger partial charge < -0.3 is 19.9 Å². The molecule has 2 N–H and O–H groups in total. The fraction of sp³-hybridized carbons (Fsp3) is 0.0417. The van der Waals surface area contributed by atoms with Crippen LogP contribution in [0.1, 0.15) is 6.92 Å². The maximum absolute atomic E-state index is 11.3. The molecular weight excluding hydrogens is 488 g/mol. The van der Waals surface area contributed by atoms with Crippen molar-refractivity contribution in [2.24, 2.45) is 0 Å². The number of amides is 1. The zero-order valence-corrected chi connectivity index (χ0v) is 19.9. The number of thiazole rings is 1. The van der Waals surface area contributed by atoms with Gasteiger partial charge in [0, 0.05) is 47.3 Å². The summed E-state index contributed by atoms with van der Waals surface area (Å²) in [5.41, 5.74) is 1.62. The number of nitrogens with one attached hydrogen (secondary N) is 1. The monoisotopic (exact) mass is 506 g/mol. The van der Waals surface area contributed by atoms with E-state index in [0.717, 1.165) is 20.8 Å². The largest absolute Gasteiger partial charge is 0.483 e. The normalized spacial score (nSPS) is 10.2. The van der Waals surface area contributed by atoms with Crippen LogP contribution in [0.2, 0.25) is 0 Å². The Morgan fingerprint density at radius 3 is 2.43 bits per heavy atom. The van der Waals surface area contributed by atoms with Crippen molar-refractivity contribution in [1.82, 2.24) is 15.0 Å². The van der Waals surface area contributed by atoms with E-state index in [9.17, 15) is 4.79 Å². The minimum absolute atomic E-state index is 0.140. The zero-order valence-electron chi connectivity index (χ0n) is 18.2. The Morgan fingerprint density at radius 1 is 1.00 bits per heavy atom. The Bertz CT molecular complexity index is 1450. The zero-order chi connectivity index (χ0) is 24.6. The summed E-state index contributed by atoms with van der Waals surface area (Å²) < 4.78 is 12.1. The summed E-state index contributed by atoms with van der Waals surface area (Å²) in [5, 5.41) is 15.3. The summed E-state index contributed by atoms with van der Waals surface area (Å²) >= 11 is 3.09. The van der Waals surface area contributed by atoms with Gasteiger partial charge in [0.25, 0.3) is 6.47 Å². The molecule has 11 heteroatoms. The summed E-state index contributed by atoms with van der Waals surface area (Å²) in [6.45, 7) is 1.21. The van der Waals surface area contributed by atoms with Gasteiger partial charge in [-0.2, -0.15) is 0 Å². The number of aromatic nitrogens is 3. The molecule has 0 saturated heterocycles. The van der Waals surface area contributed by atoms with Crippen LogP contribution in [0.5, 0.6) is 23.1 Å². The standard InChI is InChI=1S/C23H16N4O3S2.CH2O2/c1-14(28)27-15-4-2-5-16(10-15)29-17-6-3-7-18(11-17)30-21-20-19(22-24-8-9-31-22)12-32-23(20)26-13-25-21;2-1-3/h2-13H,1H3,(H,27,28);1H,(H,2,3). The van der Waals surface area contributed by atoms with Gasteiger partial charge in [-0.15, -0.1) is 22.7 Å². The Labute approximate surface area is 207 Å². The van der Waals surface area contributed by atoms with E-state index < -0.39 is 0 Å². The Morgan fingerprint density at radius 2 is 1.71 bits per heavy atom. The number of anilines is 1. The molecule has 0 saturated carbocycles. The van der Waals surface area contributed by atoms with Crippen LogP contribution in [0.15, 0.2) is 71.8 Å². The number of thiophene rings is 1. The van der Waals surface area contributed by atoms with Crippen molar-refractivity contribution in [3.63, 3.8) is 0 Å². The molecule has 0 aliphatic heterocycles. The van der Waals surface area contributed by atoms with Crippen LogP contribution < -0.4 is 14.8 Å². The van der Waals surface area contributed by atoms with Gasteiger partial charge in [0.1, 0.15) is 33.4 Å². The first-order valence-electron chi connectivity index (χ1n) is 10.1. The predicted molar refractivity (Wildman–Crippen MR) is 135 cm³/mol. The number of hydrogen-bond acceptors (Lipinski definition) is 9. The Balaban J connectivity index is 0.000000917. The van der Waals surface area contributed by atoms with E-state index in [1.807, 2.05) is 41.1 Å². The van der Waals surface area contributed by atoms with Crippen molar-refractivity contribution in [2.45, 2.75) is 6.92 Å². The van der Waals surface area contributed by atoms with E-state index in [0.29, 0.717) is 28.8 Å². The molecule has 0 fully saturated rings. The highest BCUT2D eigenvalue weighted by Crippen LogP contribution is 2.40. The summed E-state index contributed by atoms with van der Waals surface area (Å²) in [6, 6.07) is 14.5. The predicted octanol–water partition coefficient (Wildman–Crippen LogP) is 6.06. The average Bonchev–Trinajstić information content (AvgIpc) is 3.50. The average molecular weight is 507 g/mol. The Hall–Kier alpha value is -4.35. The second-order valence-corrected chi connectivity index (χ2v) is 8.59. The minimum atomic E-state index is -0.250. The highest BCUT2D eigenvalue weighted by atomic mass is 32.1. The van der Waals surface area contributed by atoms with Crippen LogP contribution in [0.4, 0.5) is 5.69 Å². The number of carboxylic acid groups (broad SMARTS) is 1. The van der Waals surface area contributed by atoms with Crippen LogP contribution in [-0.4, -0.2) is 32.4 Å². The number of ether oxygens (including phenoxy) is 2. The van der Waals surface area contributed by atoms with E-state index in [2.05, 4.69) is 20.3 Å². The maximum atomic E-state index is 11.3. The fourth-order valence-corrected chi connectivity index (χ4v) is 4.75. The lowest BCUT2D eigenvalue weighted by Gasteiger charge is -2.10. The molecule has 0 atom stereocenters. The summed E-state index contributed by atoms with van der Waals surface area (Å²) in [7, 11) is 0. The lowest BCUT2D eigenvalue weighted by molar-refractivity contribution is -0.123. The van der Waals surface area contributed by atoms with Gasteiger partial charge in [-0.25, -0.2) is 15.0 Å². The van der Waals surface area contributed by atoms with Gasteiger partial charge in [-0.05, 0) is 24.3 Å². The van der Waals surface area contributed by atoms with Gasteiger partial charge >= 0.3 is 0 Å². The van der Waals surface area contributed by atoms with Crippen molar-refractivity contribution in [2.75, 3.05) is 5.32 Å². The van der Waals surface area contributed by atoms with Gasteiger partial charge in [0.2, 0.25) is 11.8 Å². The topological polar surface area (TPSA) is 124 Å². The first-order chi connectivity index (χ1) is 17.1. The molecule has 9 nitrogen and oxygen atoms in total. The van der Waals surface area contributed by atoms with Crippen molar-refractivity contribution in [3.05, 3.63) is 71.8 Å². The van der Waals surface area contributed by atoms with Gasteiger partial charge in [-0.1, -0.05) is 12.1 Å². The summed E-state index contributed by atoms with van der Waals surface area (Å²) in [6.07, 6.45) is 3.27. The molecule has 1 amide bonds. The van der Waals surface area contributed by atoms with Crippen molar-refractivity contribution in [3.8, 4) is 33.7 Å². The van der Waals surface area contributed by atoms with Crippen molar-refractivity contribution < 1.29 is 24.2 Å². The molecule has 0 unspecified atom stereocenters. The summed E-state index contributed by atoms with van der Waals surface area (Å²) in [4.78, 5) is 33.6. The van der Waals surface area contributed by atoms with Gasteiger partial charge in [0.05, 0.1) is 5.39 Å². The highest BCUT2D eigenvalue weighted by Gasteiger charge is 2.16. The summed E-state index contributed by atoms with van der Waals surface area (Å²) in [5.74, 6) is 2.10. The second-order valence-electron chi connectivity index (χ2n) is 6.84. The molecule has 0 bridgehead atoms. The van der Waals surface area contributed by atoms with Crippen LogP contribution in [0, 0.1) is 0 Å². The quantitative estimate of drug-likeness (QED) is 0.266.